The molecule has 1 heterocycles. The van der Waals surface area contributed by atoms with Crippen LogP contribution in [0.5, 0.6) is 0 Å². The summed E-state index contributed by atoms with van der Waals surface area (Å²) in [5, 5.41) is 0.816. The molecule has 0 aliphatic heterocycles. The summed E-state index contributed by atoms with van der Waals surface area (Å²) in [4.78, 5) is 11.9. The highest BCUT2D eigenvalue weighted by Crippen LogP contribution is 2.35. The van der Waals surface area contributed by atoms with E-state index in [1.54, 1.807) is 0 Å². The van der Waals surface area contributed by atoms with Gasteiger partial charge in [0, 0.05) is 6.04 Å². The molecule has 1 fully saturated rings. The minimum absolute atomic E-state index is 0.114. The van der Waals surface area contributed by atoms with Crippen molar-refractivity contribution in [2.45, 2.75) is 18.5 Å². The van der Waals surface area contributed by atoms with Crippen molar-refractivity contribution in [3.05, 3.63) is 34.6 Å². The molecule has 0 spiro atoms. The molecule has 1 aromatic heterocycles. The topological polar surface area (TPSA) is 48.0 Å². The van der Waals surface area contributed by atoms with Crippen molar-refractivity contribution in [3.63, 3.8) is 0 Å². The highest BCUT2D eigenvalue weighted by Gasteiger charge is 2.37. The van der Waals surface area contributed by atoms with Gasteiger partial charge in [0.1, 0.15) is 0 Å². The molecular weight excluding hydrogens is 196 g/mol. The van der Waals surface area contributed by atoms with Gasteiger partial charge in [0.05, 0.1) is 16.1 Å². The Bertz CT molecular complexity index is 542. The van der Waals surface area contributed by atoms with Crippen molar-refractivity contribution >= 4 is 21.6 Å². The molecule has 2 unspecified atom stereocenters. The van der Waals surface area contributed by atoms with Crippen molar-refractivity contribution in [2.24, 2.45) is 5.73 Å². The lowest BCUT2D eigenvalue weighted by atomic mass is 10.3. The lowest BCUT2D eigenvalue weighted by Gasteiger charge is -1.93. The van der Waals surface area contributed by atoms with Crippen LogP contribution in [0.3, 0.4) is 0 Å². The van der Waals surface area contributed by atoms with Crippen molar-refractivity contribution in [1.82, 2.24) is 3.96 Å². The van der Waals surface area contributed by atoms with Crippen LogP contribution in [0.2, 0.25) is 0 Å². The van der Waals surface area contributed by atoms with E-state index in [1.165, 1.54) is 11.5 Å². The summed E-state index contributed by atoms with van der Waals surface area (Å²) in [6, 6.07) is 8.13. The fourth-order valence-electron chi connectivity index (χ4n) is 1.68. The monoisotopic (exact) mass is 206 g/mol. The number of nitrogens with two attached hydrogens (primary N) is 1. The predicted octanol–water partition coefficient (Wildman–Crippen LogP) is 1.34. The molecule has 3 nitrogen and oxygen atoms in total. The van der Waals surface area contributed by atoms with Gasteiger partial charge in [0.15, 0.2) is 0 Å². The van der Waals surface area contributed by atoms with Gasteiger partial charge in [-0.25, -0.2) is 0 Å². The maximum Gasteiger partial charge on any atom is 0.268 e. The van der Waals surface area contributed by atoms with Gasteiger partial charge in [-0.1, -0.05) is 23.7 Å². The fraction of sp³-hybridized carbons (Fsp3) is 0.300. The number of hydrogen-bond donors (Lipinski definition) is 1. The van der Waals surface area contributed by atoms with Gasteiger partial charge in [-0.15, -0.1) is 0 Å². The van der Waals surface area contributed by atoms with E-state index < -0.39 is 0 Å². The summed E-state index contributed by atoms with van der Waals surface area (Å²) >= 11 is 1.52. The quantitative estimate of drug-likeness (QED) is 0.765. The van der Waals surface area contributed by atoms with Crippen LogP contribution in [-0.4, -0.2) is 10.00 Å². The third-order valence-electron chi connectivity index (χ3n) is 2.62. The molecule has 1 aliphatic carbocycles. The minimum Gasteiger partial charge on any atom is -0.326 e. The second kappa shape index (κ2) is 2.68. The number of hydrogen-bond acceptors (Lipinski definition) is 3. The lowest BCUT2D eigenvalue weighted by Crippen LogP contribution is -2.15. The number of rotatable bonds is 1. The average molecular weight is 206 g/mol. The standard InChI is InChI=1S/C10H10N2OS/c11-7-5-8(7)12-10(13)6-3-1-2-4-9(6)14-12/h1-4,7-8H,5,11H2. The first-order chi connectivity index (χ1) is 6.77. The Morgan fingerprint density at radius 2 is 2.14 bits per heavy atom. The Labute approximate surface area is 84.9 Å². The molecule has 4 heteroatoms. The van der Waals surface area contributed by atoms with Gasteiger partial charge in [-0.2, -0.15) is 0 Å². The normalized spacial score (nSPS) is 25.5. The van der Waals surface area contributed by atoms with Crippen LogP contribution in [-0.2, 0) is 0 Å². The van der Waals surface area contributed by atoms with Crippen LogP contribution < -0.4 is 11.3 Å². The second-order valence-electron chi connectivity index (χ2n) is 3.69. The molecule has 14 heavy (non-hydrogen) atoms. The molecule has 2 N–H and O–H groups in total. The Kier molecular flexibility index (Phi) is 1.57. The molecule has 2 atom stereocenters. The Hall–Kier alpha value is -1.13. The molecule has 0 bridgehead atoms. The van der Waals surface area contributed by atoms with Gasteiger partial charge in [0.25, 0.3) is 5.56 Å². The zero-order valence-corrected chi connectivity index (χ0v) is 8.33. The highest BCUT2D eigenvalue weighted by molar-refractivity contribution is 7.13. The fourth-order valence-corrected chi connectivity index (χ4v) is 2.84. The first kappa shape index (κ1) is 8.20. The van der Waals surface area contributed by atoms with Crippen LogP contribution in [0.15, 0.2) is 29.1 Å². The third-order valence-corrected chi connectivity index (χ3v) is 3.81. The van der Waals surface area contributed by atoms with Gasteiger partial charge in [-0.3, -0.25) is 8.75 Å². The second-order valence-corrected chi connectivity index (χ2v) is 4.70. The molecule has 0 amide bonds. The summed E-state index contributed by atoms with van der Waals surface area (Å²) in [7, 11) is 0. The van der Waals surface area contributed by atoms with Crippen molar-refractivity contribution in [3.8, 4) is 0 Å². The van der Waals surface area contributed by atoms with E-state index in [1.807, 2.05) is 28.2 Å². The molecule has 72 valence electrons. The summed E-state index contributed by atoms with van der Waals surface area (Å²) < 4.78 is 2.87. The largest absolute Gasteiger partial charge is 0.326 e. The van der Waals surface area contributed by atoms with Crippen LogP contribution in [0.25, 0.3) is 10.1 Å². The van der Waals surface area contributed by atoms with Crippen molar-refractivity contribution in [1.29, 1.82) is 0 Å². The van der Waals surface area contributed by atoms with Crippen LogP contribution in [0, 0.1) is 0 Å². The minimum atomic E-state index is 0.114. The van der Waals surface area contributed by atoms with Crippen LogP contribution >= 0.6 is 11.5 Å². The van der Waals surface area contributed by atoms with Crippen molar-refractivity contribution in [2.75, 3.05) is 0 Å². The summed E-state index contributed by atoms with van der Waals surface area (Å²) in [6.45, 7) is 0. The van der Waals surface area contributed by atoms with Gasteiger partial charge in [0.2, 0.25) is 0 Å². The summed E-state index contributed by atoms with van der Waals surface area (Å²) in [5.41, 5.74) is 5.85. The molecule has 1 saturated carbocycles. The molecule has 3 rings (SSSR count). The number of benzene rings is 1. The summed E-state index contributed by atoms with van der Waals surface area (Å²) in [5.74, 6) is 0. The van der Waals surface area contributed by atoms with E-state index in [0.717, 1.165) is 16.5 Å². The molecule has 1 aromatic carbocycles. The predicted molar refractivity (Wildman–Crippen MR) is 57.7 cm³/mol. The maximum atomic E-state index is 11.9. The molecule has 2 aromatic rings. The Morgan fingerprint density at radius 1 is 1.43 bits per heavy atom. The first-order valence-electron chi connectivity index (χ1n) is 4.63. The van der Waals surface area contributed by atoms with Gasteiger partial charge >= 0.3 is 0 Å². The highest BCUT2D eigenvalue weighted by atomic mass is 32.1. The van der Waals surface area contributed by atoms with Crippen LogP contribution in [0.4, 0.5) is 0 Å². The Balaban J connectivity index is 2.26. The molecule has 1 aliphatic rings. The SMILES string of the molecule is NC1CC1n1sc2ccccc2c1=O. The van der Waals surface area contributed by atoms with E-state index >= 15 is 0 Å². The zero-order valence-electron chi connectivity index (χ0n) is 7.51. The van der Waals surface area contributed by atoms with E-state index in [0.29, 0.717) is 0 Å². The van der Waals surface area contributed by atoms with Gasteiger partial charge in [-0.05, 0) is 18.6 Å². The average Bonchev–Trinajstić information content (AvgIpc) is 2.82. The third kappa shape index (κ3) is 1.04. The molecule has 0 saturated heterocycles. The molecule has 0 radical (unpaired) electrons. The van der Waals surface area contributed by atoms with E-state index in [4.69, 9.17) is 5.73 Å². The Morgan fingerprint density at radius 3 is 2.79 bits per heavy atom. The van der Waals surface area contributed by atoms with E-state index in [2.05, 4.69) is 0 Å². The van der Waals surface area contributed by atoms with Gasteiger partial charge < -0.3 is 5.73 Å². The maximum absolute atomic E-state index is 11.9. The first-order valence-corrected chi connectivity index (χ1v) is 5.41. The zero-order chi connectivity index (χ0) is 9.71. The molecular formula is C10H10N2OS. The van der Waals surface area contributed by atoms with Crippen molar-refractivity contribution < 1.29 is 0 Å². The van der Waals surface area contributed by atoms with E-state index in [9.17, 15) is 4.79 Å². The lowest BCUT2D eigenvalue weighted by molar-refractivity contribution is 0.757. The van der Waals surface area contributed by atoms with Crippen LogP contribution in [0.1, 0.15) is 12.5 Å². The number of aromatic nitrogens is 1. The summed E-state index contributed by atoms with van der Waals surface area (Å²) in [6.07, 6.45) is 0.937. The smallest absolute Gasteiger partial charge is 0.268 e. The van der Waals surface area contributed by atoms with E-state index in [-0.39, 0.29) is 17.6 Å². The number of nitrogens with zero attached hydrogens (tertiary/aromatic N) is 1. The number of fused-ring (bicyclic) bond motifs is 1.